The molecule has 0 spiro atoms. The topological polar surface area (TPSA) is 122 Å². The lowest BCUT2D eigenvalue weighted by Crippen LogP contribution is -2.54. The number of aliphatic carboxylic acids is 1. The van der Waals surface area contributed by atoms with Gasteiger partial charge in [-0.2, -0.15) is 0 Å². The fraction of sp³-hybridized carbons (Fsp3) is 0.143. The number of urea groups is 1. The van der Waals surface area contributed by atoms with Gasteiger partial charge in [-0.3, -0.25) is 14.9 Å². The van der Waals surface area contributed by atoms with Gasteiger partial charge in [0.25, 0.3) is 11.8 Å². The van der Waals surface area contributed by atoms with Gasteiger partial charge in [0.2, 0.25) is 0 Å². The minimum absolute atomic E-state index is 0.00553. The molecule has 0 aromatic heterocycles. The van der Waals surface area contributed by atoms with Gasteiger partial charge < -0.3 is 14.6 Å². The summed E-state index contributed by atoms with van der Waals surface area (Å²) in [6.07, 6.45) is -0.0711. The number of para-hydroxylation sites is 1. The lowest BCUT2D eigenvalue weighted by molar-refractivity contribution is -0.144. The number of carboxylic acids is 1. The van der Waals surface area contributed by atoms with Gasteiger partial charge in [0.15, 0.2) is 17.6 Å². The van der Waals surface area contributed by atoms with Crippen LogP contribution in [-0.4, -0.2) is 42.1 Å². The molecule has 11 heteroatoms. The number of rotatable bonds is 6. The van der Waals surface area contributed by atoms with E-state index in [-0.39, 0.29) is 27.8 Å². The molecular weight excluding hydrogens is 463 g/mol. The van der Waals surface area contributed by atoms with Crippen molar-refractivity contribution in [3.8, 4) is 11.5 Å². The van der Waals surface area contributed by atoms with E-state index in [0.29, 0.717) is 9.92 Å². The van der Waals surface area contributed by atoms with Crippen LogP contribution in [-0.2, 0) is 14.4 Å². The summed E-state index contributed by atoms with van der Waals surface area (Å²) in [6.45, 7) is 1.31. The van der Waals surface area contributed by atoms with Crippen molar-refractivity contribution in [1.82, 2.24) is 5.32 Å². The third-order valence-corrected chi connectivity index (χ3v) is 4.96. The number of nitrogens with one attached hydrogen (secondary N) is 1. The number of nitrogens with zero attached hydrogens (tertiary/aromatic N) is 1. The number of benzene rings is 2. The molecule has 166 valence electrons. The normalized spacial score (nSPS) is 16.1. The number of barbiturate groups is 1. The molecule has 1 atom stereocenters. The minimum atomic E-state index is -1.25. The first-order valence-corrected chi connectivity index (χ1v) is 9.82. The highest BCUT2D eigenvalue weighted by Gasteiger charge is 2.38. The maximum atomic E-state index is 13.1. The lowest BCUT2D eigenvalue weighted by Gasteiger charge is -2.27. The summed E-state index contributed by atoms with van der Waals surface area (Å²) in [4.78, 5) is 49.9. The Labute approximate surface area is 192 Å². The second kappa shape index (κ2) is 9.29. The number of carbonyl (C=O) groups is 4. The van der Waals surface area contributed by atoms with Crippen molar-refractivity contribution in [3.63, 3.8) is 0 Å². The predicted molar refractivity (Wildman–Crippen MR) is 116 cm³/mol. The zero-order valence-corrected chi connectivity index (χ0v) is 18.2. The fourth-order valence-electron chi connectivity index (χ4n) is 2.85. The number of amides is 4. The standard InChI is InChI=1S/C21H16Cl2N2O7/c1-10(20(28)29)32-17-11(4-3-5-16(17)31-2)8-13-18(26)24-21(30)25(19(13)27)15-7-6-12(22)9-14(15)23/h3-10H,1-2H3,(H,28,29)(H,24,26,30)/b13-8+/t10-/m1/s1. The Morgan fingerprint density at radius 2 is 1.91 bits per heavy atom. The first-order valence-electron chi connectivity index (χ1n) is 9.07. The van der Waals surface area contributed by atoms with E-state index in [4.69, 9.17) is 32.7 Å². The zero-order chi connectivity index (χ0) is 23.6. The second-order valence-electron chi connectivity index (χ2n) is 6.53. The Hall–Kier alpha value is -3.56. The summed E-state index contributed by atoms with van der Waals surface area (Å²) < 4.78 is 10.7. The number of ether oxygens (including phenoxy) is 2. The summed E-state index contributed by atoms with van der Waals surface area (Å²) in [7, 11) is 1.35. The minimum Gasteiger partial charge on any atom is -0.493 e. The van der Waals surface area contributed by atoms with Crippen LogP contribution in [0.4, 0.5) is 10.5 Å². The second-order valence-corrected chi connectivity index (χ2v) is 7.37. The summed E-state index contributed by atoms with van der Waals surface area (Å²) in [6, 6.07) is 7.75. The average Bonchev–Trinajstić information content (AvgIpc) is 2.73. The summed E-state index contributed by atoms with van der Waals surface area (Å²) in [5.74, 6) is -2.92. The fourth-order valence-corrected chi connectivity index (χ4v) is 3.35. The highest BCUT2D eigenvalue weighted by Crippen LogP contribution is 2.35. The Morgan fingerprint density at radius 1 is 1.19 bits per heavy atom. The molecule has 0 bridgehead atoms. The van der Waals surface area contributed by atoms with E-state index in [9.17, 15) is 24.3 Å². The quantitative estimate of drug-likeness (QED) is 0.480. The number of anilines is 1. The third kappa shape index (κ3) is 4.53. The predicted octanol–water partition coefficient (Wildman–Crippen LogP) is 3.52. The van der Waals surface area contributed by atoms with Crippen molar-refractivity contribution in [1.29, 1.82) is 0 Å². The number of halogens is 2. The third-order valence-electron chi connectivity index (χ3n) is 4.42. The number of methoxy groups -OCH3 is 1. The van der Waals surface area contributed by atoms with E-state index in [1.54, 1.807) is 6.07 Å². The van der Waals surface area contributed by atoms with E-state index < -0.39 is 35.5 Å². The maximum absolute atomic E-state index is 13.1. The first-order chi connectivity index (χ1) is 15.1. The Morgan fingerprint density at radius 3 is 2.53 bits per heavy atom. The van der Waals surface area contributed by atoms with Crippen molar-refractivity contribution in [2.75, 3.05) is 12.0 Å². The van der Waals surface area contributed by atoms with Gasteiger partial charge in [0, 0.05) is 10.6 Å². The van der Waals surface area contributed by atoms with E-state index in [2.05, 4.69) is 5.32 Å². The Bertz CT molecular complexity index is 1160. The van der Waals surface area contributed by atoms with Crippen molar-refractivity contribution in [2.24, 2.45) is 0 Å². The van der Waals surface area contributed by atoms with E-state index in [1.165, 1.54) is 50.4 Å². The summed E-state index contributed by atoms with van der Waals surface area (Å²) >= 11 is 12.0. The monoisotopic (exact) mass is 478 g/mol. The van der Waals surface area contributed by atoms with Crippen molar-refractivity contribution in [3.05, 3.63) is 57.6 Å². The molecule has 1 aliphatic heterocycles. The Kier molecular flexibility index (Phi) is 6.71. The molecule has 9 nitrogen and oxygen atoms in total. The van der Waals surface area contributed by atoms with Crippen LogP contribution in [0.15, 0.2) is 42.0 Å². The first kappa shape index (κ1) is 23.1. The molecule has 32 heavy (non-hydrogen) atoms. The van der Waals surface area contributed by atoms with Crippen LogP contribution in [0.5, 0.6) is 11.5 Å². The number of hydrogen-bond acceptors (Lipinski definition) is 6. The smallest absolute Gasteiger partial charge is 0.344 e. The molecule has 1 saturated heterocycles. The molecule has 0 unspecified atom stereocenters. The largest absolute Gasteiger partial charge is 0.493 e. The van der Waals surface area contributed by atoms with Gasteiger partial charge in [0.05, 0.1) is 17.8 Å². The average molecular weight is 479 g/mol. The van der Waals surface area contributed by atoms with Crippen LogP contribution in [0, 0.1) is 0 Å². The van der Waals surface area contributed by atoms with E-state index in [0.717, 1.165) is 0 Å². The van der Waals surface area contributed by atoms with Gasteiger partial charge >= 0.3 is 12.0 Å². The molecule has 2 N–H and O–H groups in total. The van der Waals surface area contributed by atoms with Crippen molar-refractivity contribution < 1.29 is 33.8 Å². The molecule has 1 fully saturated rings. The van der Waals surface area contributed by atoms with Crippen LogP contribution in [0.1, 0.15) is 12.5 Å². The molecular formula is C21H16Cl2N2O7. The van der Waals surface area contributed by atoms with E-state index in [1.807, 2.05) is 0 Å². The van der Waals surface area contributed by atoms with Crippen LogP contribution >= 0.6 is 23.2 Å². The highest BCUT2D eigenvalue weighted by molar-refractivity contribution is 6.42. The molecule has 0 saturated carbocycles. The van der Waals surface area contributed by atoms with Crippen LogP contribution in [0.25, 0.3) is 6.08 Å². The van der Waals surface area contributed by atoms with Gasteiger partial charge in [-0.25, -0.2) is 14.5 Å². The van der Waals surface area contributed by atoms with E-state index >= 15 is 0 Å². The summed E-state index contributed by atoms with van der Waals surface area (Å²) in [5, 5.41) is 11.6. The highest BCUT2D eigenvalue weighted by atomic mass is 35.5. The van der Waals surface area contributed by atoms with Gasteiger partial charge in [-0.1, -0.05) is 35.3 Å². The van der Waals surface area contributed by atoms with Gasteiger partial charge in [-0.15, -0.1) is 0 Å². The molecule has 2 aromatic carbocycles. The SMILES string of the molecule is COc1cccc(/C=C2\C(=O)NC(=O)N(c3ccc(Cl)cc3Cl)C2=O)c1O[C@H](C)C(=O)O. The van der Waals surface area contributed by atoms with Crippen LogP contribution < -0.4 is 19.7 Å². The number of carbonyl (C=O) groups excluding carboxylic acids is 3. The lowest BCUT2D eigenvalue weighted by atomic mass is 10.1. The molecule has 4 amide bonds. The molecule has 3 rings (SSSR count). The number of carboxylic acid groups (broad SMARTS) is 1. The number of hydrogen-bond donors (Lipinski definition) is 2. The van der Waals surface area contributed by atoms with Crippen LogP contribution in [0.3, 0.4) is 0 Å². The summed E-state index contributed by atoms with van der Waals surface area (Å²) in [5.41, 5.74) is -0.192. The zero-order valence-electron chi connectivity index (χ0n) is 16.7. The molecule has 0 radical (unpaired) electrons. The van der Waals surface area contributed by atoms with Gasteiger partial charge in [0.1, 0.15) is 5.57 Å². The maximum Gasteiger partial charge on any atom is 0.344 e. The number of imide groups is 2. The molecule has 0 aliphatic carbocycles. The van der Waals surface area contributed by atoms with Gasteiger partial charge in [-0.05, 0) is 37.3 Å². The van der Waals surface area contributed by atoms with Crippen LogP contribution in [0.2, 0.25) is 10.0 Å². The molecule has 1 heterocycles. The van der Waals surface area contributed by atoms with Crippen molar-refractivity contribution in [2.45, 2.75) is 13.0 Å². The van der Waals surface area contributed by atoms with Crippen molar-refractivity contribution >= 4 is 58.8 Å². The Balaban J connectivity index is 2.09. The molecule has 1 aliphatic rings. The molecule has 2 aromatic rings.